The van der Waals surface area contributed by atoms with Gasteiger partial charge in [0.25, 0.3) is 0 Å². The Morgan fingerprint density at radius 3 is 2.26 bits per heavy atom. The van der Waals surface area contributed by atoms with Crippen LogP contribution < -0.4 is 0 Å². The second-order valence-corrected chi connectivity index (χ2v) is 8.56. The van der Waals surface area contributed by atoms with Crippen LogP contribution in [0.1, 0.15) is 34.9 Å². The van der Waals surface area contributed by atoms with E-state index in [-0.39, 0.29) is 0 Å². The zero-order chi connectivity index (χ0) is 24.1. The molecular weight excluding hydrogens is 410 g/mol. The number of aryl methyl sites for hydroxylation is 1. The lowest BCUT2D eigenvalue weighted by atomic mass is 10.00. The van der Waals surface area contributed by atoms with Gasteiger partial charge in [-0.05, 0) is 66.8 Å². The van der Waals surface area contributed by atoms with Crippen molar-refractivity contribution in [3.8, 4) is 5.69 Å². The maximum absolute atomic E-state index is 4.15. The second-order valence-electron chi connectivity index (χ2n) is 8.56. The summed E-state index contributed by atoms with van der Waals surface area (Å²) in [6, 6.07) is 25.8. The fourth-order valence-electron chi connectivity index (χ4n) is 4.52. The molecule has 4 aromatic rings. The van der Waals surface area contributed by atoms with Crippen LogP contribution in [-0.2, 0) is 6.42 Å². The molecule has 0 saturated heterocycles. The van der Waals surface area contributed by atoms with Crippen molar-refractivity contribution in [1.29, 1.82) is 0 Å². The molecule has 0 aliphatic heterocycles. The molecule has 168 valence electrons. The minimum absolute atomic E-state index is 0.915. The number of fused-ring (bicyclic) bond motifs is 1. The van der Waals surface area contributed by atoms with Crippen LogP contribution in [0.4, 0.5) is 0 Å². The van der Waals surface area contributed by atoms with Crippen LogP contribution in [0.5, 0.6) is 0 Å². The van der Waals surface area contributed by atoms with E-state index >= 15 is 0 Å². The van der Waals surface area contributed by atoms with Gasteiger partial charge in [0.1, 0.15) is 0 Å². The van der Waals surface area contributed by atoms with Gasteiger partial charge in [-0.2, -0.15) is 0 Å². The molecule has 0 aliphatic carbocycles. The summed E-state index contributed by atoms with van der Waals surface area (Å²) in [5, 5.41) is 1.20. The summed E-state index contributed by atoms with van der Waals surface area (Å²) in [6.07, 6.45) is 10.8. The Balaban J connectivity index is 1.87. The summed E-state index contributed by atoms with van der Waals surface area (Å²) >= 11 is 0. The minimum Gasteiger partial charge on any atom is -0.309 e. The van der Waals surface area contributed by atoms with Gasteiger partial charge in [0, 0.05) is 16.6 Å². The lowest BCUT2D eigenvalue weighted by Gasteiger charge is -2.12. The third-order valence-corrected chi connectivity index (χ3v) is 6.25. The fraction of sp³-hybridized carbons (Fsp3) is 0.0909. The van der Waals surface area contributed by atoms with Gasteiger partial charge in [0.2, 0.25) is 0 Å². The summed E-state index contributed by atoms with van der Waals surface area (Å²) in [5.41, 5.74) is 10.8. The maximum atomic E-state index is 4.15. The highest BCUT2D eigenvalue weighted by Crippen LogP contribution is 2.33. The number of hydrogen-bond acceptors (Lipinski definition) is 0. The van der Waals surface area contributed by atoms with Crippen molar-refractivity contribution < 1.29 is 0 Å². The molecule has 0 atom stereocenters. The highest BCUT2D eigenvalue weighted by atomic mass is 15.0. The van der Waals surface area contributed by atoms with E-state index in [1.165, 1.54) is 27.6 Å². The quantitative estimate of drug-likeness (QED) is 0.240. The Hall–Kier alpha value is -4.10. The zero-order valence-electron chi connectivity index (χ0n) is 20.1. The molecule has 1 heteroatoms. The first kappa shape index (κ1) is 23.1. The number of para-hydroxylation sites is 1. The van der Waals surface area contributed by atoms with E-state index in [0.717, 1.165) is 34.5 Å². The summed E-state index contributed by atoms with van der Waals surface area (Å²) in [6.45, 7) is 16.3. The fourth-order valence-corrected chi connectivity index (χ4v) is 4.52. The van der Waals surface area contributed by atoms with Gasteiger partial charge in [-0.15, -0.1) is 0 Å². The van der Waals surface area contributed by atoms with E-state index in [1.54, 1.807) is 6.08 Å². The SMILES string of the molecule is C=C/C=C(\C=C)c1ccc(-n2c(/C=C(/C)Cc3ccccc3C)c(C=C)c3ccccc32)cc1. The molecule has 0 amide bonds. The van der Waals surface area contributed by atoms with Crippen LogP contribution in [0.2, 0.25) is 0 Å². The monoisotopic (exact) mass is 441 g/mol. The Morgan fingerprint density at radius 2 is 1.59 bits per heavy atom. The van der Waals surface area contributed by atoms with Gasteiger partial charge >= 0.3 is 0 Å². The highest BCUT2D eigenvalue weighted by Gasteiger charge is 2.15. The smallest absolute Gasteiger partial charge is 0.0541 e. The molecule has 0 saturated carbocycles. The third-order valence-electron chi connectivity index (χ3n) is 6.25. The zero-order valence-corrected chi connectivity index (χ0v) is 20.1. The Kier molecular flexibility index (Phi) is 6.94. The van der Waals surface area contributed by atoms with E-state index in [2.05, 4.69) is 117 Å². The van der Waals surface area contributed by atoms with Gasteiger partial charge in [-0.1, -0.05) is 104 Å². The van der Waals surface area contributed by atoms with Crippen LogP contribution in [0, 0.1) is 6.92 Å². The van der Waals surface area contributed by atoms with Crippen molar-refractivity contribution in [3.05, 3.63) is 144 Å². The Labute approximate surface area is 203 Å². The van der Waals surface area contributed by atoms with Crippen molar-refractivity contribution in [1.82, 2.24) is 4.57 Å². The first-order chi connectivity index (χ1) is 16.6. The molecular formula is C33H31N. The van der Waals surface area contributed by atoms with Crippen LogP contribution in [0.25, 0.3) is 34.3 Å². The second kappa shape index (κ2) is 10.2. The van der Waals surface area contributed by atoms with Crippen molar-refractivity contribution in [3.63, 3.8) is 0 Å². The molecule has 1 heterocycles. The molecule has 0 aliphatic rings. The summed E-state index contributed by atoms with van der Waals surface area (Å²) in [4.78, 5) is 0. The van der Waals surface area contributed by atoms with Gasteiger partial charge < -0.3 is 4.57 Å². The molecule has 0 unspecified atom stereocenters. The molecule has 1 aromatic heterocycles. The van der Waals surface area contributed by atoms with Gasteiger partial charge in [-0.3, -0.25) is 0 Å². The molecule has 3 aromatic carbocycles. The van der Waals surface area contributed by atoms with Crippen molar-refractivity contribution in [2.24, 2.45) is 0 Å². The average Bonchev–Trinajstić information content (AvgIpc) is 3.16. The predicted molar refractivity (Wildman–Crippen MR) is 150 cm³/mol. The van der Waals surface area contributed by atoms with Gasteiger partial charge in [-0.25, -0.2) is 0 Å². The lowest BCUT2D eigenvalue weighted by molar-refractivity contribution is 1.08. The summed E-state index contributed by atoms with van der Waals surface area (Å²) < 4.78 is 2.34. The molecule has 4 rings (SSSR count). The first-order valence-electron chi connectivity index (χ1n) is 11.6. The summed E-state index contributed by atoms with van der Waals surface area (Å²) in [7, 11) is 0. The first-order valence-corrected chi connectivity index (χ1v) is 11.6. The topological polar surface area (TPSA) is 4.93 Å². The van der Waals surface area contributed by atoms with E-state index in [0.29, 0.717) is 0 Å². The van der Waals surface area contributed by atoms with Gasteiger partial charge in [0.05, 0.1) is 11.2 Å². The number of aromatic nitrogens is 1. The van der Waals surface area contributed by atoms with Crippen LogP contribution >= 0.6 is 0 Å². The normalized spacial score (nSPS) is 12.1. The lowest BCUT2D eigenvalue weighted by Crippen LogP contribution is -1.99. The van der Waals surface area contributed by atoms with Crippen molar-refractivity contribution >= 4 is 28.6 Å². The van der Waals surface area contributed by atoms with Crippen LogP contribution in [0.15, 0.2) is 116 Å². The minimum atomic E-state index is 0.915. The van der Waals surface area contributed by atoms with Crippen molar-refractivity contribution in [2.75, 3.05) is 0 Å². The molecule has 34 heavy (non-hydrogen) atoms. The molecule has 0 fully saturated rings. The number of allylic oxidation sites excluding steroid dienone is 5. The van der Waals surface area contributed by atoms with Crippen LogP contribution in [-0.4, -0.2) is 4.57 Å². The molecule has 0 N–H and O–H groups in total. The van der Waals surface area contributed by atoms with E-state index < -0.39 is 0 Å². The van der Waals surface area contributed by atoms with E-state index in [9.17, 15) is 0 Å². The summed E-state index contributed by atoms with van der Waals surface area (Å²) in [5.74, 6) is 0. The maximum Gasteiger partial charge on any atom is 0.0541 e. The molecule has 0 spiro atoms. The molecule has 1 nitrogen and oxygen atoms in total. The Morgan fingerprint density at radius 1 is 0.882 bits per heavy atom. The predicted octanol–water partition coefficient (Wildman–Crippen LogP) is 8.98. The Bertz CT molecular complexity index is 1420. The average molecular weight is 442 g/mol. The highest BCUT2D eigenvalue weighted by molar-refractivity contribution is 5.95. The molecule has 0 bridgehead atoms. The van der Waals surface area contributed by atoms with Crippen molar-refractivity contribution in [2.45, 2.75) is 20.3 Å². The number of benzene rings is 3. The number of rotatable bonds is 8. The number of hydrogen-bond donors (Lipinski definition) is 0. The third kappa shape index (κ3) is 4.51. The largest absolute Gasteiger partial charge is 0.309 e. The van der Waals surface area contributed by atoms with Gasteiger partial charge in [0.15, 0.2) is 0 Å². The van der Waals surface area contributed by atoms with E-state index in [1.807, 2.05) is 18.2 Å². The van der Waals surface area contributed by atoms with Crippen LogP contribution in [0.3, 0.4) is 0 Å². The molecule has 0 radical (unpaired) electrons. The number of nitrogens with zero attached hydrogens (tertiary/aromatic N) is 1. The standard InChI is InChI=1S/C33H31N/c1-6-13-26(7-2)27-18-20-29(21-19-27)34-32-17-12-11-16-31(32)30(8-3)33(34)23-24(4)22-28-15-10-9-14-25(28)5/h6-21,23H,1-3,22H2,4-5H3/b24-23-,26-13+. The van der Waals surface area contributed by atoms with E-state index in [4.69, 9.17) is 0 Å².